The average Bonchev–Trinajstić information content (AvgIpc) is 2.66. The van der Waals surface area contributed by atoms with Gasteiger partial charge in [-0.1, -0.05) is 65.9 Å². The first-order chi connectivity index (χ1) is 10.3. The van der Waals surface area contributed by atoms with Crippen molar-refractivity contribution in [2.24, 2.45) is 5.92 Å². The number of amides is 1. The normalized spacial score (nSPS) is 18.4. The van der Waals surface area contributed by atoms with Crippen molar-refractivity contribution in [3.63, 3.8) is 0 Å². The fourth-order valence-electron chi connectivity index (χ4n) is 2.16. The van der Waals surface area contributed by atoms with Gasteiger partial charge in [0.2, 0.25) is 0 Å². The second-order valence-electron chi connectivity index (χ2n) is 5.13. The van der Waals surface area contributed by atoms with Crippen LogP contribution < -0.4 is 0 Å². The van der Waals surface area contributed by atoms with Crippen molar-refractivity contribution in [3.05, 3.63) is 39.2 Å². The lowest BCUT2D eigenvalue weighted by atomic mass is 10.0. The molecular weight excluding hydrogens is 386 g/mol. The minimum absolute atomic E-state index is 0.231. The zero-order chi connectivity index (χ0) is 16.4. The topological polar surface area (TPSA) is 57.6 Å². The molecule has 0 aliphatic carbocycles. The molecule has 2 rings (SSSR count). The zero-order valence-electron chi connectivity index (χ0n) is 11.9. The van der Waals surface area contributed by atoms with Crippen LogP contribution in [0.3, 0.4) is 0 Å². The third-order valence-electron chi connectivity index (χ3n) is 3.13. The maximum atomic E-state index is 12.5. The molecular formula is C15H14BrNO3S2. The van der Waals surface area contributed by atoms with Crippen LogP contribution >= 0.6 is 39.9 Å². The number of hydrogen-bond donors (Lipinski definition) is 1. The lowest BCUT2D eigenvalue weighted by molar-refractivity contribution is -0.146. The summed E-state index contributed by atoms with van der Waals surface area (Å²) in [6.45, 7) is 3.52. The van der Waals surface area contributed by atoms with Crippen molar-refractivity contribution in [1.29, 1.82) is 0 Å². The van der Waals surface area contributed by atoms with Crippen molar-refractivity contribution in [3.8, 4) is 0 Å². The fourth-order valence-corrected chi connectivity index (χ4v) is 3.91. The molecule has 0 aromatic heterocycles. The Balaban J connectivity index is 2.34. The molecule has 1 fully saturated rings. The van der Waals surface area contributed by atoms with Crippen LogP contribution in [0.5, 0.6) is 0 Å². The van der Waals surface area contributed by atoms with Gasteiger partial charge in [0.1, 0.15) is 10.4 Å². The summed E-state index contributed by atoms with van der Waals surface area (Å²) in [4.78, 5) is 25.6. The molecule has 1 aliphatic rings. The molecule has 7 heteroatoms. The summed E-state index contributed by atoms with van der Waals surface area (Å²) in [5.41, 5.74) is 0.853. The third kappa shape index (κ3) is 3.59. The summed E-state index contributed by atoms with van der Waals surface area (Å²) in [5.74, 6) is -1.63. The number of rotatable bonds is 4. The maximum absolute atomic E-state index is 12.5. The Hall–Kier alpha value is -1.18. The van der Waals surface area contributed by atoms with Gasteiger partial charge < -0.3 is 5.11 Å². The molecule has 1 aromatic carbocycles. The summed E-state index contributed by atoms with van der Waals surface area (Å²) < 4.78 is 1.19. The number of nitrogens with zero attached hydrogens (tertiary/aromatic N) is 1. The highest BCUT2D eigenvalue weighted by molar-refractivity contribution is 9.10. The summed E-state index contributed by atoms with van der Waals surface area (Å²) in [6, 6.07) is 6.56. The Labute approximate surface area is 146 Å². The van der Waals surface area contributed by atoms with E-state index in [2.05, 4.69) is 15.9 Å². The molecule has 1 atom stereocenters. The molecule has 1 amide bonds. The summed E-state index contributed by atoms with van der Waals surface area (Å²) in [6.07, 6.45) is 1.73. The fraction of sp³-hybridized carbons (Fsp3) is 0.267. The van der Waals surface area contributed by atoms with Crippen LogP contribution in [0.25, 0.3) is 6.08 Å². The van der Waals surface area contributed by atoms with Crippen molar-refractivity contribution in [2.75, 3.05) is 0 Å². The molecule has 0 radical (unpaired) electrons. The van der Waals surface area contributed by atoms with E-state index < -0.39 is 12.0 Å². The lowest BCUT2D eigenvalue weighted by Crippen LogP contribution is -2.47. The molecule has 0 saturated carbocycles. The van der Waals surface area contributed by atoms with E-state index in [4.69, 9.17) is 12.2 Å². The number of carbonyl (C=O) groups excluding carboxylic acids is 1. The highest BCUT2D eigenvalue weighted by Crippen LogP contribution is 2.35. The number of hydrogen-bond acceptors (Lipinski definition) is 4. The number of carboxylic acids is 1. The van der Waals surface area contributed by atoms with E-state index in [1.165, 1.54) is 4.90 Å². The van der Waals surface area contributed by atoms with E-state index in [1.54, 1.807) is 19.9 Å². The molecule has 1 aromatic rings. The van der Waals surface area contributed by atoms with Gasteiger partial charge in [0.05, 0.1) is 4.91 Å². The Morgan fingerprint density at radius 3 is 2.68 bits per heavy atom. The predicted octanol–water partition coefficient (Wildman–Crippen LogP) is 3.76. The first kappa shape index (κ1) is 17.2. The van der Waals surface area contributed by atoms with E-state index >= 15 is 0 Å². The molecule has 0 unspecified atom stereocenters. The minimum atomic E-state index is -1.05. The van der Waals surface area contributed by atoms with E-state index in [0.717, 1.165) is 21.8 Å². The van der Waals surface area contributed by atoms with Crippen molar-refractivity contribution >= 4 is 62.2 Å². The number of carboxylic acid groups (broad SMARTS) is 1. The Kier molecular flexibility index (Phi) is 5.41. The molecule has 1 saturated heterocycles. The second kappa shape index (κ2) is 6.93. The molecule has 1 heterocycles. The highest BCUT2D eigenvalue weighted by Gasteiger charge is 2.41. The molecule has 22 heavy (non-hydrogen) atoms. The Bertz CT molecular complexity index is 673. The zero-order valence-corrected chi connectivity index (χ0v) is 15.2. The van der Waals surface area contributed by atoms with Gasteiger partial charge in [-0.05, 0) is 29.7 Å². The van der Waals surface area contributed by atoms with Gasteiger partial charge in [-0.2, -0.15) is 0 Å². The Morgan fingerprint density at radius 2 is 2.14 bits per heavy atom. The monoisotopic (exact) mass is 399 g/mol. The third-order valence-corrected chi connectivity index (χ3v) is 4.96. The van der Waals surface area contributed by atoms with E-state index in [0.29, 0.717) is 4.91 Å². The summed E-state index contributed by atoms with van der Waals surface area (Å²) in [5, 5.41) is 9.36. The molecule has 0 bridgehead atoms. The predicted molar refractivity (Wildman–Crippen MR) is 95.4 cm³/mol. The van der Waals surface area contributed by atoms with Gasteiger partial charge in [0.25, 0.3) is 5.91 Å². The van der Waals surface area contributed by atoms with Crippen LogP contribution in [0.1, 0.15) is 19.4 Å². The summed E-state index contributed by atoms with van der Waals surface area (Å²) in [7, 11) is 0. The number of aliphatic carboxylic acids is 1. The van der Waals surface area contributed by atoms with E-state index in [1.807, 2.05) is 24.3 Å². The molecule has 1 aliphatic heterocycles. The SMILES string of the molecule is CC(C)[C@H](C(=O)O)N1C(=O)/C(=C/c2cccc(Br)c2)SC1=S. The van der Waals surface area contributed by atoms with Gasteiger partial charge in [0, 0.05) is 4.47 Å². The van der Waals surface area contributed by atoms with Gasteiger partial charge in [0.15, 0.2) is 0 Å². The van der Waals surface area contributed by atoms with Crippen molar-refractivity contribution < 1.29 is 14.7 Å². The van der Waals surface area contributed by atoms with Crippen molar-refractivity contribution in [1.82, 2.24) is 4.90 Å². The van der Waals surface area contributed by atoms with Crippen molar-refractivity contribution in [2.45, 2.75) is 19.9 Å². The molecule has 116 valence electrons. The van der Waals surface area contributed by atoms with Gasteiger partial charge in [-0.3, -0.25) is 9.69 Å². The van der Waals surface area contributed by atoms with Crippen LogP contribution in [0.4, 0.5) is 0 Å². The minimum Gasteiger partial charge on any atom is -0.480 e. The average molecular weight is 400 g/mol. The number of thiocarbonyl (C=S) groups is 1. The van der Waals surface area contributed by atoms with Crippen LogP contribution in [-0.2, 0) is 9.59 Å². The van der Waals surface area contributed by atoms with Gasteiger partial charge in [-0.25, -0.2) is 4.79 Å². The second-order valence-corrected chi connectivity index (χ2v) is 7.73. The largest absolute Gasteiger partial charge is 0.480 e. The van der Waals surface area contributed by atoms with Crippen LogP contribution in [-0.4, -0.2) is 32.2 Å². The maximum Gasteiger partial charge on any atom is 0.327 e. The van der Waals surface area contributed by atoms with Gasteiger partial charge >= 0.3 is 5.97 Å². The number of halogens is 1. The highest BCUT2D eigenvalue weighted by atomic mass is 79.9. The summed E-state index contributed by atoms with van der Waals surface area (Å²) >= 11 is 9.72. The number of carbonyl (C=O) groups is 2. The first-order valence-corrected chi connectivity index (χ1v) is 8.58. The van der Waals surface area contributed by atoms with Crippen LogP contribution in [0, 0.1) is 5.92 Å². The molecule has 0 spiro atoms. The first-order valence-electron chi connectivity index (χ1n) is 6.56. The van der Waals surface area contributed by atoms with Gasteiger partial charge in [-0.15, -0.1) is 0 Å². The smallest absolute Gasteiger partial charge is 0.327 e. The molecule has 4 nitrogen and oxygen atoms in total. The van der Waals surface area contributed by atoms with Crippen LogP contribution in [0.15, 0.2) is 33.6 Å². The molecule has 1 N–H and O–H groups in total. The quantitative estimate of drug-likeness (QED) is 0.616. The Morgan fingerprint density at radius 1 is 1.45 bits per heavy atom. The van der Waals surface area contributed by atoms with E-state index in [9.17, 15) is 14.7 Å². The number of benzene rings is 1. The standard InChI is InChI=1S/C15H14BrNO3S2/c1-8(2)12(14(19)20)17-13(18)11(22-15(17)21)7-9-4-3-5-10(16)6-9/h3-8,12H,1-2H3,(H,19,20)/b11-7-/t12-/m1/s1. The van der Waals surface area contributed by atoms with E-state index in [-0.39, 0.29) is 16.1 Å². The number of thioether (sulfide) groups is 1. The lowest BCUT2D eigenvalue weighted by Gasteiger charge is -2.26. The van der Waals surface area contributed by atoms with Crippen LogP contribution in [0.2, 0.25) is 0 Å².